The van der Waals surface area contributed by atoms with E-state index in [0.29, 0.717) is 12.8 Å². The van der Waals surface area contributed by atoms with Crippen LogP contribution < -0.4 is 0 Å². The molecule has 2 heteroatoms. The van der Waals surface area contributed by atoms with Crippen molar-refractivity contribution in [3.63, 3.8) is 0 Å². The molecule has 0 aliphatic heterocycles. The second-order valence-corrected chi connectivity index (χ2v) is 2.65. The zero-order valence-corrected chi connectivity index (χ0v) is 6.77. The van der Waals surface area contributed by atoms with Crippen molar-refractivity contribution in [3.8, 4) is 0 Å². The minimum Gasteiger partial charge on any atom is -0.247 e. The highest BCUT2D eigenvalue weighted by Gasteiger charge is 2.11. The summed E-state index contributed by atoms with van der Waals surface area (Å²) in [6, 6.07) is 0. The number of hydrogen-bond acceptors (Lipinski definition) is 0. The van der Waals surface area contributed by atoms with E-state index in [1.54, 1.807) is 6.92 Å². The third-order valence-corrected chi connectivity index (χ3v) is 1.57. The molecule has 0 heterocycles. The summed E-state index contributed by atoms with van der Waals surface area (Å²) in [7, 11) is 0. The fraction of sp³-hybridized carbons (Fsp3) is 1.00. The quantitative estimate of drug-likeness (QED) is 0.569. The van der Waals surface area contributed by atoms with Gasteiger partial charge in [0.2, 0.25) is 0 Å². The maximum Gasteiger partial charge on any atom is 0.102 e. The molecule has 0 aromatic heterocycles. The standard InChI is InChI=1S/C8H16FO/c1-3-5-8(10)6-7(9)4-2/h7-8H,3-6H2,1-2H3. The number of halogens is 1. The Morgan fingerprint density at radius 1 is 1.40 bits per heavy atom. The molecule has 1 radical (unpaired) electrons. The number of rotatable bonds is 5. The van der Waals surface area contributed by atoms with Crippen LogP contribution in [0.2, 0.25) is 0 Å². The maximum absolute atomic E-state index is 12.5. The first-order valence-corrected chi connectivity index (χ1v) is 4.00. The molecule has 0 bridgehead atoms. The van der Waals surface area contributed by atoms with Gasteiger partial charge in [0.1, 0.15) is 6.17 Å². The van der Waals surface area contributed by atoms with Crippen LogP contribution in [0, 0.1) is 0 Å². The summed E-state index contributed by atoms with van der Waals surface area (Å²) >= 11 is 0. The Hall–Kier alpha value is -0.110. The van der Waals surface area contributed by atoms with Crippen molar-refractivity contribution in [1.82, 2.24) is 0 Å². The van der Waals surface area contributed by atoms with Gasteiger partial charge in [0.15, 0.2) is 0 Å². The van der Waals surface area contributed by atoms with Gasteiger partial charge in [-0.1, -0.05) is 20.3 Å². The first kappa shape index (κ1) is 9.89. The molecule has 0 rings (SSSR count). The molecule has 0 aromatic carbocycles. The van der Waals surface area contributed by atoms with Crippen LogP contribution in [0.1, 0.15) is 39.5 Å². The maximum atomic E-state index is 12.5. The number of alkyl halides is 1. The molecule has 0 amide bonds. The Balaban J connectivity index is 3.27. The molecule has 2 unspecified atom stereocenters. The van der Waals surface area contributed by atoms with Gasteiger partial charge in [0.25, 0.3) is 0 Å². The molecule has 1 nitrogen and oxygen atoms in total. The average molecular weight is 147 g/mol. The van der Waals surface area contributed by atoms with E-state index in [4.69, 9.17) is 0 Å². The number of hydrogen-bond donors (Lipinski definition) is 0. The first-order valence-electron chi connectivity index (χ1n) is 4.00. The van der Waals surface area contributed by atoms with E-state index in [1.807, 2.05) is 6.92 Å². The van der Waals surface area contributed by atoms with Crippen molar-refractivity contribution in [1.29, 1.82) is 0 Å². The van der Waals surface area contributed by atoms with E-state index in [9.17, 15) is 9.50 Å². The van der Waals surface area contributed by atoms with Crippen LogP contribution in [-0.2, 0) is 5.11 Å². The van der Waals surface area contributed by atoms with E-state index in [1.165, 1.54) is 0 Å². The second-order valence-electron chi connectivity index (χ2n) is 2.65. The normalized spacial score (nSPS) is 16.8. The third-order valence-electron chi connectivity index (χ3n) is 1.57. The van der Waals surface area contributed by atoms with Crippen molar-refractivity contribution >= 4 is 0 Å². The fourth-order valence-corrected chi connectivity index (χ4v) is 0.892. The lowest BCUT2D eigenvalue weighted by molar-refractivity contribution is 0.0500. The third kappa shape index (κ3) is 4.74. The first-order chi connectivity index (χ1) is 4.70. The minimum absolute atomic E-state index is 0.199. The van der Waals surface area contributed by atoms with Crippen LogP contribution >= 0.6 is 0 Å². The molecule has 0 spiro atoms. The SMILES string of the molecule is CCCC([O])CC(F)CC. The Morgan fingerprint density at radius 3 is 2.40 bits per heavy atom. The predicted octanol–water partition coefficient (Wildman–Crippen LogP) is 2.72. The lowest BCUT2D eigenvalue weighted by Crippen LogP contribution is -2.11. The van der Waals surface area contributed by atoms with Gasteiger partial charge in [-0.05, 0) is 12.8 Å². The van der Waals surface area contributed by atoms with Crippen molar-refractivity contribution < 1.29 is 9.50 Å². The summed E-state index contributed by atoms with van der Waals surface area (Å²) in [4.78, 5) is 0. The highest BCUT2D eigenvalue weighted by atomic mass is 19.1. The van der Waals surface area contributed by atoms with Gasteiger partial charge in [0.05, 0.1) is 6.10 Å². The van der Waals surface area contributed by atoms with Crippen molar-refractivity contribution in [2.24, 2.45) is 0 Å². The summed E-state index contributed by atoms with van der Waals surface area (Å²) in [5.41, 5.74) is 0. The largest absolute Gasteiger partial charge is 0.247 e. The molecular weight excluding hydrogens is 131 g/mol. The molecule has 0 fully saturated rings. The monoisotopic (exact) mass is 147 g/mol. The zero-order valence-electron chi connectivity index (χ0n) is 6.77. The summed E-state index contributed by atoms with van der Waals surface area (Å²) < 4.78 is 12.5. The predicted molar refractivity (Wildman–Crippen MR) is 39.2 cm³/mol. The van der Waals surface area contributed by atoms with Gasteiger partial charge < -0.3 is 0 Å². The van der Waals surface area contributed by atoms with Gasteiger partial charge in [-0.15, -0.1) is 0 Å². The van der Waals surface area contributed by atoms with E-state index >= 15 is 0 Å². The molecule has 61 valence electrons. The summed E-state index contributed by atoms with van der Waals surface area (Å²) in [6.07, 6.45) is 0.589. The summed E-state index contributed by atoms with van der Waals surface area (Å²) in [5, 5.41) is 10.9. The van der Waals surface area contributed by atoms with Crippen LogP contribution in [0.3, 0.4) is 0 Å². The smallest absolute Gasteiger partial charge is 0.102 e. The average Bonchev–Trinajstić information content (AvgIpc) is 1.88. The van der Waals surface area contributed by atoms with Crippen LogP contribution in [0.5, 0.6) is 0 Å². The molecule has 0 N–H and O–H groups in total. The van der Waals surface area contributed by atoms with Crippen LogP contribution in [-0.4, -0.2) is 12.3 Å². The molecule has 0 aromatic rings. The topological polar surface area (TPSA) is 19.9 Å². The molecule has 2 atom stereocenters. The second kappa shape index (κ2) is 5.66. The molecule has 0 saturated heterocycles. The molecule has 10 heavy (non-hydrogen) atoms. The van der Waals surface area contributed by atoms with Gasteiger partial charge in [-0.2, -0.15) is 0 Å². The Kier molecular flexibility index (Phi) is 5.60. The van der Waals surface area contributed by atoms with E-state index in [2.05, 4.69) is 0 Å². The van der Waals surface area contributed by atoms with Gasteiger partial charge in [-0.25, -0.2) is 9.50 Å². The summed E-state index contributed by atoms with van der Waals surface area (Å²) in [6.45, 7) is 3.72. The lowest BCUT2D eigenvalue weighted by Gasteiger charge is -2.08. The van der Waals surface area contributed by atoms with Crippen LogP contribution in [0.25, 0.3) is 0 Å². The molecular formula is C8H16FO. The van der Waals surface area contributed by atoms with Crippen LogP contribution in [0.4, 0.5) is 4.39 Å². The highest BCUT2D eigenvalue weighted by Crippen LogP contribution is 2.10. The van der Waals surface area contributed by atoms with Gasteiger partial charge in [-0.3, -0.25) is 0 Å². The molecule has 0 saturated carbocycles. The molecule has 0 aliphatic carbocycles. The van der Waals surface area contributed by atoms with Crippen molar-refractivity contribution in [2.45, 2.75) is 51.8 Å². The van der Waals surface area contributed by atoms with Gasteiger partial charge in [0, 0.05) is 6.42 Å². The Morgan fingerprint density at radius 2 is 2.00 bits per heavy atom. The van der Waals surface area contributed by atoms with E-state index in [0.717, 1.165) is 6.42 Å². The van der Waals surface area contributed by atoms with Crippen molar-refractivity contribution in [2.75, 3.05) is 0 Å². The Bertz CT molecular complexity index is 75.7. The van der Waals surface area contributed by atoms with E-state index in [-0.39, 0.29) is 6.42 Å². The minimum atomic E-state index is -0.881. The van der Waals surface area contributed by atoms with Crippen molar-refractivity contribution in [3.05, 3.63) is 0 Å². The zero-order chi connectivity index (χ0) is 7.98. The highest BCUT2D eigenvalue weighted by molar-refractivity contribution is 4.61. The molecule has 0 aliphatic rings. The van der Waals surface area contributed by atoms with Crippen LogP contribution in [0.15, 0.2) is 0 Å². The lowest BCUT2D eigenvalue weighted by atomic mass is 10.1. The van der Waals surface area contributed by atoms with Gasteiger partial charge >= 0.3 is 0 Å². The Labute approximate surface area is 62.3 Å². The summed E-state index contributed by atoms with van der Waals surface area (Å²) in [5.74, 6) is 0. The van der Waals surface area contributed by atoms with E-state index < -0.39 is 12.3 Å². The fourth-order valence-electron chi connectivity index (χ4n) is 0.892.